The molecule has 3 fully saturated rings. The molecule has 0 aromatic rings. The number of nitrogens with zero attached hydrogens (tertiary/aromatic N) is 1. The summed E-state index contributed by atoms with van der Waals surface area (Å²) in [5.74, 6) is 0.728. The van der Waals surface area contributed by atoms with Crippen molar-refractivity contribution in [2.75, 3.05) is 0 Å². The SMILES string of the molecule is C#CC1[C@H]2CC(C[C@@H]2C(F)F)N1C(=O)C1(F)CC1. The van der Waals surface area contributed by atoms with Gasteiger partial charge in [-0.25, -0.2) is 13.2 Å². The number of likely N-dealkylation sites (tertiary alicyclic amines) is 1. The van der Waals surface area contributed by atoms with E-state index in [9.17, 15) is 18.0 Å². The molecular weight excluding hydrogens is 243 g/mol. The lowest BCUT2D eigenvalue weighted by atomic mass is 9.88. The first-order chi connectivity index (χ1) is 8.48. The van der Waals surface area contributed by atoms with Crippen LogP contribution < -0.4 is 0 Å². The van der Waals surface area contributed by atoms with Crippen LogP contribution in [-0.2, 0) is 4.79 Å². The summed E-state index contributed by atoms with van der Waals surface area (Å²) in [5.41, 5.74) is -1.76. The minimum absolute atomic E-state index is 0.231. The van der Waals surface area contributed by atoms with E-state index >= 15 is 0 Å². The van der Waals surface area contributed by atoms with Crippen molar-refractivity contribution in [1.82, 2.24) is 4.90 Å². The molecule has 5 heteroatoms. The summed E-state index contributed by atoms with van der Waals surface area (Å²) >= 11 is 0. The second-order valence-electron chi connectivity index (χ2n) is 5.58. The molecule has 4 atom stereocenters. The van der Waals surface area contributed by atoms with Crippen molar-refractivity contribution < 1.29 is 18.0 Å². The third-order valence-corrected chi connectivity index (χ3v) is 4.54. The Labute approximate surface area is 104 Å². The van der Waals surface area contributed by atoms with Crippen LogP contribution in [0.2, 0.25) is 0 Å². The first-order valence-electron chi connectivity index (χ1n) is 6.24. The van der Waals surface area contributed by atoms with E-state index in [0.717, 1.165) is 0 Å². The second-order valence-corrected chi connectivity index (χ2v) is 5.58. The van der Waals surface area contributed by atoms with Crippen LogP contribution in [0.15, 0.2) is 0 Å². The van der Waals surface area contributed by atoms with E-state index < -0.39 is 30.0 Å². The molecule has 1 aliphatic heterocycles. The van der Waals surface area contributed by atoms with Gasteiger partial charge in [0.15, 0.2) is 5.67 Å². The van der Waals surface area contributed by atoms with Gasteiger partial charge in [-0.2, -0.15) is 0 Å². The highest BCUT2D eigenvalue weighted by Crippen LogP contribution is 2.51. The number of rotatable bonds is 2. The van der Waals surface area contributed by atoms with Crippen LogP contribution in [0.1, 0.15) is 25.7 Å². The number of terminal acetylenes is 1. The van der Waals surface area contributed by atoms with Crippen LogP contribution in [0.5, 0.6) is 0 Å². The Morgan fingerprint density at radius 3 is 2.56 bits per heavy atom. The van der Waals surface area contributed by atoms with Gasteiger partial charge in [0.1, 0.15) is 0 Å². The third kappa shape index (κ3) is 1.47. The minimum Gasteiger partial charge on any atom is -0.323 e. The molecule has 0 aromatic heterocycles. The smallest absolute Gasteiger partial charge is 0.261 e. The van der Waals surface area contributed by atoms with E-state index in [1.807, 2.05) is 0 Å². The molecule has 2 unspecified atom stereocenters. The molecule has 3 rings (SSSR count). The number of piperidine rings is 1. The number of hydrogen-bond acceptors (Lipinski definition) is 1. The van der Waals surface area contributed by atoms with Gasteiger partial charge in [-0.1, -0.05) is 5.92 Å². The van der Waals surface area contributed by atoms with Crippen molar-refractivity contribution in [2.24, 2.45) is 11.8 Å². The van der Waals surface area contributed by atoms with Crippen molar-refractivity contribution >= 4 is 5.91 Å². The van der Waals surface area contributed by atoms with Crippen molar-refractivity contribution in [3.63, 3.8) is 0 Å². The standard InChI is InChI=1S/C13H14F3NO/c1-2-10-8-5-7(6-9(8)11(14)15)17(10)12(18)13(16)3-4-13/h1,7-11H,3-6H2/t7?,8-,9-,10?/m0/s1. The zero-order valence-corrected chi connectivity index (χ0v) is 9.78. The highest BCUT2D eigenvalue weighted by molar-refractivity contribution is 5.89. The van der Waals surface area contributed by atoms with Gasteiger partial charge in [0, 0.05) is 17.9 Å². The van der Waals surface area contributed by atoms with Crippen molar-refractivity contribution in [3.8, 4) is 12.3 Å². The molecule has 2 nitrogen and oxygen atoms in total. The van der Waals surface area contributed by atoms with Crippen LogP contribution in [0, 0.1) is 24.2 Å². The van der Waals surface area contributed by atoms with Crippen LogP contribution in [0.25, 0.3) is 0 Å². The molecule has 1 saturated heterocycles. The van der Waals surface area contributed by atoms with E-state index in [2.05, 4.69) is 5.92 Å². The van der Waals surface area contributed by atoms with Crippen molar-refractivity contribution in [2.45, 2.75) is 49.9 Å². The summed E-state index contributed by atoms with van der Waals surface area (Å²) in [4.78, 5) is 13.4. The van der Waals surface area contributed by atoms with Gasteiger partial charge in [0.05, 0.1) is 6.04 Å². The lowest BCUT2D eigenvalue weighted by molar-refractivity contribution is -0.143. The Balaban J connectivity index is 1.83. The molecule has 98 valence electrons. The molecule has 2 bridgehead atoms. The molecule has 0 radical (unpaired) electrons. The highest BCUT2D eigenvalue weighted by atomic mass is 19.3. The molecule has 2 saturated carbocycles. The van der Waals surface area contributed by atoms with Crippen molar-refractivity contribution in [3.05, 3.63) is 0 Å². The molecule has 3 aliphatic rings. The third-order valence-electron chi connectivity index (χ3n) is 4.54. The second kappa shape index (κ2) is 3.66. The molecule has 0 spiro atoms. The van der Waals surface area contributed by atoms with Crippen LogP contribution in [-0.4, -0.2) is 35.0 Å². The maximum absolute atomic E-state index is 13.8. The number of fused-ring (bicyclic) bond motifs is 2. The Hall–Kier alpha value is -1.18. The summed E-state index contributed by atoms with van der Waals surface area (Å²) in [6.45, 7) is 0. The van der Waals surface area contributed by atoms with Crippen LogP contribution >= 0.6 is 0 Å². The van der Waals surface area contributed by atoms with Gasteiger partial charge in [0.25, 0.3) is 5.91 Å². The molecule has 0 aromatic carbocycles. The van der Waals surface area contributed by atoms with E-state index in [1.165, 1.54) is 4.90 Å². The summed E-state index contributed by atoms with van der Waals surface area (Å²) < 4.78 is 39.5. The Bertz CT molecular complexity index is 426. The Kier molecular flexibility index (Phi) is 2.42. The topological polar surface area (TPSA) is 20.3 Å². The van der Waals surface area contributed by atoms with Gasteiger partial charge in [-0.05, 0) is 25.7 Å². The van der Waals surface area contributed by atoms with E-state index in [0.29, 0.717) is 6.42 Å². The van der Waals surface area contributed by atoms with Gasteiger partial charge >= 0.3 is 0 Å². The molecule has 2 aliphatic carbocycles. The van der Waals surface area contributed by atoms with Gasteiger partial charge in [0.2, 0.25) is 6.43 Å². The first-order valence-corrected chi connectivity index (χ1v) is 6.24. The fourth-order valence-electron chi connectivity index (χ4n) is 3.44. The molecule has 0 N–H and O–H groups in total. The first kappa shape index (κ1) is 11.9. The average molecular weight is 257 g/mol. The number of alkyl halides is 3. The lowest BCUT2D eigenvalue weighted by Gasteiger charge is -2.36. The fraction of sp³-hybridized carbons (Fsp3) is 0.769. The number of amides is 1. The van der Waals surface area contributed by atoms with E-state index in [-0.39, 0.29) is 31.2 Å². The molecular formula is C13H14F3NO. The van der Waals surface area contributed by atoms with Crippen molar-refractivity contribution in [1.29, 1.82) is 0 Å². The zero-order chi connectivity index (χ0) is 13.1. The summed E-state index contributed by atoms with van der Waals surface area (Å²) in [5, 5.41) is 0. The predicted octanol–water partition coefficient (Wildman–Crippen LogP) is 1.99. The molecule has 1 heterocycles. The highest BCUT2D eigenvalue weighted by Gasteiger charge is 2.61. The quantitative estimate of drug-likeness (QED) is 0.693. The molecule has 18 heavy (non-hydrogen) atoms. The largest absolute Gasteiger partial charge is 0.323 e. The van der Waals surface area contributed by atoms with Gasteiger partial charge < -0.3 is 4.90 Å². The fourth-order valence-corrected chi connectivity index (χ4v) is 3.44. The zero-order valence-electron chi connectivity index (χ0n) is 9.78. The van der Waals surface area contributed by atoms with E-state index in [4.69, 9.17) is 6.42 Å². The Morgan fingerprint density at radius 2 is 2.06 bits per heavy atom. The summed E-state index contributed by atoms with van der Waals surface area (Å²) in [6, 6.07) is -0.945. The average Bonchev–Trinajstić information content (AvgIpc) is 2.84. The lowest BCUT2D eigenvalue weighted by Crippen LogP contribution is -2.51. The van der Waals surface area contributed by atoms with Gasteiger partial charge in [-0.3, -0.25) is 4.79 Å². The minimum atomic E-state index is -2.41. The maximum atomic E-state index is 13.8. The summed E-state index contributed by atoms with van der Waals surface area (Å²) in [6.07, 6.45) is 4.16. The normalized spacial score (nSPS) is 40.1. The van der Waals surface area contributed by atoms with Gasteiger partial charge in [-0.15, -0.1) is 6.42 Å². The monoisotopic (exact) mass is 257 g/mol. The number of carbonyl (C=O) groups excluding carboxylic acids is 1. The predicted molar refractivity (Wildman–Crippen MR) is 58.5 cm³/mol. The Morgan fingerprint density at radius 1 is 1.39 bits per heavy atom. The van der Waals surface area contributed by atoms with Crippen LogP contribution in [0.3, 0.4) is 0 Å². The number of hydrogen-bond donors (Lipinski definition) is 0. The van der Waals surface area contributed by atoms with Crippen LogP contribution in [0.4, 0.5) is 13.2 Å². The van der Waals surface area contributed by atoms with E-state index in [1.54, 1.807) is 0 Å². The number of halogens is 3. The maximum Gasteiger partial charge on any atom is 0.261 e. The number of carbonyl (C=O) groups is 1. The summed E-state index contributed by atoms with van der Waals surface area (Å²) in [7, 11) is 0. The molecule has 1 amide bonds.